The summed E-state index contributed by atoms with van der Waals surface area (Å²) >= 11 is 0. The van der Waals surface area contributed by atoms with Gasteiger partial charge in [-0.1, -0.05) is 54.6 Å². The fourth-order valence-electron chi connectivity index (χ4n) is 7.20. The second kappa shape index (κ2) is 10.9. The Morgan fingerprint density at radius 1 is 0.737 bits per heavy atom. The van der Waals surface area contributed by atoms with Crippen molar-refractivity contribution in [2.45, 2.75) is 43.9 Å². The second-order valence-electron chi connectivity index (χ2n) is 11.1. The van der Waals surface area contributed by atoms with E-state index in [2.05, 4.69) is 24.3 Å². The van der Waals surface area contributed by atoms with Crippen LogP contribution in [-0.4, -0.2) is 29.3 Å². The predicted molar refractivity (Wildman–Crippen MR) is 149 cm³/mol. The molecule has 3 aromatic rings. The average Bonchev–Trinajstić information content (AvgIpc) is 2.92. The normalized spacial score (nSPS) is 25.0. The Hall–Kier alpha value is -3.86. The molecular formula is C33H34O5. The van der Waals surface area contributed by atoms with Gasteiger partial charge in [0, 0.05) is 5.56 Å². The Balaban J connectivity index is 0.000000278. The molecule has 0 heterocycles. The molecule has 2 N–H and O–H groups in total. The summed E-state index contributed by atoms with van der Waals surface area (Å²) in [5, 5.41) is 17.4. The fraction of sp³-hybridized carbons (Fsp3) is 0.333. The van der Waals surface area contributed by atoms with Crippen molar-refractivity contribution in [1.82, 2.24) is 0 Å². The summed E-state index contributed by atoms with van der Waals surface area (Å²) in [5.74, 6) is 1.99. The van der Waals surface area contributed by atoms with Gasteiger partial charge in [0.15, 0.2) is 0 Å². The van der Waals surface area contributed by atoms with Crippen LogP contribution in [0.3, 0.4) is 0 Å². The van der Waals surface area contributed by atoms with E-state index in [9.17, 15) is 9.59 Å². The maximum atomic E-state index is 11.0. The molecule has 196 valence electrons. The smallest absolute Gasteiger partial charge is 0.335 e. The van der Waals surface area contributed by atoms with E-state index in [-0.39, 0.29) is 0 Å². The lowest BCUT2D eigenvalue weighted by atomic mass is 9.48. The Bertz CT molecular complexity index is 1290. The van der Waals surface area contributed by atoms with E-state index in [4.69, 9.17) is 14.9 Å². The summed E-state index contributed by atoms with van der Waals surface area (Å²) in [6, 6.07) is 21.9. The van der Waals surface area contributed by atoms with Crippen molar-refractivity contribution in [3.8, 4) is 5.75 Å². The lowest BCUT2D eigenvalue weighted by Crippen LogP contribution is -2.48. The number of methoxy groups -OCH3 is 1. The lowest BCUT2D eigenvalue weighted by Gasteiger charge is -2.57. The zero-order chi connectivity index (χ0) is 26.7. The number of benzene rings is 3. The first-order chi connectivity index (χ1) is 18.3. The minimum Gasteiger partial charge on any atom is -0.496 e. The SMILES string of the molecule is COc1cc(/C=C/c2ccc(C(=O)O)cc2)ccc1C12CC3CC(CC(C3)C1)C2.O=C(O)c1ccccc1. The minimum absolute atomic E-state index is 0.309. The van der Waals surface area contributed by atoms with Gasteiger partial charge in [-0.2, -0.15) is 0 Å². The molecular weight excluding hydrogens is 476 g/mol. The van der Waals surface area contributed by atoms with Crippen LogP contribution < -0.4 is 4.74 Å². The zero-order valence-electron chi connectivity index (χ0n) is 21.7. The first kappa shape index (κ1) is 25.8. The number of hydrogen-bond donors (Lipinski definition) is 2. The van der Waals surface area contributed by atoms with Gasteiger partial charge in [-0.15, -0.1) is 0 Å². The molecule has 0 aromatic heterocycles. The third kappa shape index (κ3) is 5.52. The quantitative estimate of drug-likeness (QED) is 0.337. The predicted octanol–water partition coefficient (Wildman–Crippen LogP) is 7.42. The van der Waals surface area contributed by atoms with Gasteiger partial charge >= 0.3 is 11.9 Å². The molecule has 0 radical (unpaired) electrons. The van der Waals surface area contributed by atoms with Crippen LogP contribution in [-0.2, 0) is 5.41 Å². The lowest BCUT2D eigenvalue weighted by molar-refractivity contribution is -0.00616. The van der Waals surface area contributed by atoms with E-state index < -0.39 is 11.9 Å². The number of aromatic carboxylic acids is 2. The van der Waals surface area contributed by atoms with Crippen LogP contribution in [0.4, 0.5) is 0 Å². The van der Waals surface area contributed by atoms with Crippen molar-refractivity contribution in [3.05, 3.63) is 101 Å². The number of carbonyl (C=O) groups is 2. The van der Waals surface area contributed by atoms with Gasteiger partial charge in [-0.3, -0.25) is 0 Å². The molecule has 4 fully saturated rings. The van der Waals surface area contributed by atoms with Crippen molar-refractivity contribution >= 4 is 24.1 Å². The average molecular weight is 511 g/mol. The third-order valence-electron chi connectivity index (χ3n) is 8.48. The standard InChI is InChI=1S/C26H28O3.C7H6O2/c1-29-24-13-18(3-2-17-4-7-22(8-5-17)25(27)28)6-9-23(24)26-14-19-10-20(15-26)12-21(11-19)16-26;8-7(9)6-4-2-1-3-5-6/h2-9,13,19-21H,10-12,14-16H2,1H3,(H,27,28);1-5H,(H,8,9)/b3-2+;. The fourth-order valence-corrected chi connectivity index (χ4v) is 7.20. The highest BCUT2D eigenvalue weighted by Gasteiger charge is 2.52. The molecule has 4 aliphatic rings. The van der Waals surface area contributed by atoms with Gasteiger partial charge in [0.1, 0.15) is 5.75 Å². The number of carboxylic acid groups (broad SMARTS) is 2. The van der Waals surface area contributed by atoms with E-state index in [1.165, 1.54) is 44.1 Å². The molecule has 0 saturated heterocycles. The Labute approximate surface area is 223 Å². The summed E-state index contributed by atoms with van der Waals surface area (Å²) in [6.45, 7) is 0. The topological polar surface area (TPSA) is 83.8 Å². The second-order valence-corrected chi connectivity index (χ2v) is 11.1. The first-order valence-corrected chi connectivity index (χ1v) is 13.3. The molecule has 4 aliphatic carbocycles. The highest BCUT2D eigenvalue weighted by Crippen LogP contribution is 2.61. The monoisotopic (exact) mass is 510 g/mol. The molecule has 3 aromatic carbocycles. The molecule has 4 saturated carbocycles. The minimum atomic E-state index is -0.898. The summed E-state index contributed by atoms with van der Waals surface area (Å²) in [7, 11) is 1.79. The molecule has 0 atom stereocenters. The van der Waals surface area contributed by atoms with Crippen LogP contribution >= 0.6 is 0 Å². The Kier molecular flexibility index (Phi) is 7.37. The highest BCUT2D eigenvalue weighted by molar-refractivity contribution is 5.88. The van der Waals surface area contributed by atoms with Gasteiger partial charge in [0.2, 0.25) is 0 Å². The van der Waals surface area contributed by atoms with Crippen molar-refractivity contribution in [2.75, 3.05) is 7.11 Å². The van der Waals surface area contributed by atoms with E-state index >= 15 is 0 Å². The van der Waals surface area contributed by atoms with Crippen LogP contribution in [0.25, 0.3) is 12.2 Å². The molecule has 7 rings (SSSR count). The maximum absolute atomic E-state index is 11.0. The molecule has 38 heavy (non-hydrogen) atoms. The zero-order valence-corrected chi connectivity index (χ0v) is 21.7. The summed E-state index contributed by atoms with van der Waals surface area (Å²) in [6.07, 6.45) is 12.4. The van der Waals surface area contributed by atoms with Crippen LogP contribution in [0, 0.1) is 17.8 Å². The van der Waals surface area contributed by atoms with Crippen molar-refractivity contribution < 1.29 is 24.5 Å². The van der Waals surface area contributed by atoms with Crippen LogP contribution in [0.2, 0.25) is 0 Å². The van der Waals surface area contributed by atoms with Gasteiger partial charge in [-0.05, 0) is 103 Å². The summed E-state index contributed by atoms with van der Waals surface area (Å²) < 4.78 is 5.87. The summed E-state index contributed by atoms with van der Waals surface area (Å²) in [5.41, 5.74) is 4.48. The van der Waals surface area contributed by atoms with Crippen molar-refractivity contribution in [1.29, 1.82) is 0 Å². The molecule has 4 bridgehead atoms. The molecule has 5 heteroatoms. The summed E-state index contributed by atoms with van der Waals surface area (Å²) in [4.78, 5) is 21.2. The van der Waals surface area contributed by atoms with Gasteiger partial charge in [0.05, 0.1) is 18.2 Å². The van der Waals surface area contributed by atoms with E-state index in [1.807, 2.05) is 18.2 Å². The van der Waals surface area contributed by atoms with E-state index in [0.29, 0.717) is 16.5 Å². The van der Waals surface area contributed by atoms with E-state index in [1.54, 1.807) is 49.6 Å². The van der Waals surface area contributed by atoms with Crippen molar-refractivity contribution in [3.63, 3.8) is 0 Å². The molecule has 0 unspecified atom stereocenters. The van der Waals surface area contributed by atoms with E-state index in [0.717, 1.165) is 34.6 Å². The van der Waals surface area contributed by atoms with Gasteiger partial charge in [-0.25, -0.2) is 9.59 Å². The molecule has 5 nitrogen and oxygen atoms in total. The number of hydrogen-bond acceptors (Lipinski definition) is 3. The largest absolute Gasteiger partial charge is 0.496 e. The van der Waals surface area contributed by atoms with Crippen LogP contribution in [0.5, 0.6) is 5.75 Å². The van der Waals surface area contributed by atoms with Crippen LogP contribution in [0.15, 0.2) is 72.8 Å². The molecule has 0 amide bonds. The Morgan fingerprint density at radius 3 is 1.74 bits per heavy atom. The maximum Gasteiger partial charge on any atom is 0.335 e. The van der Waals surface area contributed by atoms with Gasteiger partial charge in [0.25, 0.3) is 0 Å². The molecule has 0 aliphatic heterocycles. The highest BCUT2D eigenvalue weighted by atomic mass is 16.5. The molecule has 0 spiro atoms. The number of carboxylic acids is 2. The first-order valence-electron chi connectivity index (χ1n) is 13.3. The number of ether oxygens (including phenoxy) is 1. The third-order valence-corrected chi connectivity index (χ3v) is 8.48. The Morgan fingerprint density at radius 2 is 1.24 bits per heavy atom. The van der Waals surface area contributed by atoms with Crippen LogP contribution in [0.1, 0.15) is 75.9 Å². The van der Waals surface area contributed by atoms with Crippen molar-refractivity contribution in [2.24, 2.45) is 17.8 Å². The van der Waals surface area contributed by atoms with Gasteiger partial charge < -0.3 is 14.9 Å². The number of rotatable bonds is 6.